The Bertz CT molecular complexity index is 911. The number of nitrogens with zero attached hydrogens (tertiary/aromatic N) is 5. The van der Waals surface area contributed by atoms with Crippen molar-refractivity contribution in [2.75, 3.05) is 26.2 Å². The lowest BCUT2D eigenvalue weighted by atomic mass is 10.1. The predicted molar refractivity (Wildman–Crippen MR) is 106 cm³/mol. The topological polar surface area (TPSA) is 78.8 Å². The number of carbonyl (C=O) groups excluding carboxylic acids is 3. The third-order valence-corrected chi connectivity index (χ3v) is 5.59. The maximum atomic E-state index is 13.1. The Morgan fingerprint density at radius 3 is 2.83 bits per heavy atom. The van der Waals surface area contributed by atoms with E-state index in [1.54, 1.807) is 38.0 Å². The lowest BCUT2D eigenvalue weighted by molar-refractivity contribution is -0.156. The van der Waals surface area contributed by atoms with Crippen molar-refractivity contribution in [3.63, 3.8) is 0 Å². The standard InChI is InChI=1S/C21H25N5O3/c1-16-3-2-4-17(11-16)12-25-14-20(28)26-10-9-24(7-5-18(26)21(25)29)19(27)13-23-8-6-22-15-23/h2-4,6,8,11,15,18H,5,7,9-10,12-14H2,1H3. The van der Waals surface area contributed by atoms with Crippen molar-refractivity contribution in [3.8, 4) is 0 Å². The summed E-state index contributed by atoms with van der Waals surface area (Å²) in [7, 11) is 0. The molecule has 4 rings (SSSR count). The number of piperazine rings is 1. The summed E-state index contributed by atoms with van der Waals surface area (Å²) in [6, 6.07) is 7.48. The van der Waals surface area contributed by atoms with Gasteiger partial charge in [-0.05, 0) is 18.9 Å². The number of imidazole rings is 1. The largest absolute Gasteiger partial charge is 0.339 e. The summed E-state index contributed by atoms with van der Waals surface area (Å²) in [5, 5.41) is 0. The van der Waals surface area contributed by atoms with Crippen LogP contribution in [0.3, 0.4) is 0 Å². The zero-order valence-corrected chi connectivity index (χ0v) is 16.5. The van der Waals surface area contributed by atoms with Crippen molar-refractivity contribution < 1.29 is 14.4 Å². The first-order chi connectivity index (χ1) is 14.0. The maximum absolute atomic E-state index is 13.1. The number of rotatable bonds is 4. The van der Waals surface area contributed by atoms with Crippen molar-refractivity contribution in [1.29, 1.82) is 0 Å². The first-order valence-electron chi connectivity index (χ1n) is 9.88. The zero-order chi connectivity index (χ0) is 20.4. The molecule has 2 aliphatic rings. The van der Waals surface area contributed by atoms with E-state index in [-0.39, 0.29) is 30.8 Å². The highest BCUT2D eigenvalue weighted by atomic mass is 16.2. The molecule has 0 spiro atoms. The minimum absolute atomic E-state index is 0.0284. The highest BCUT2D eigenvalue weighted by Gasteiger charge is 2.41. The Kier molecular flexibility index (Phi) is 5.33. The van der Waals surface area contributed by atoms with Gasteiger partial charge in [0.25, 0.3) is 0 Å². The number of fused-ring (bicyclic) bond motifs is 1. The fourth-order valence-electron chi connectivity index (χ4n) is 4.08. The van der Waals surface area contributed by atoms with Gasteiger partial charge in [-0.3, -0.25) is 14.4 Å². The average Bonchev–Trinajstić information content (AvgIpc) is 3.08. The number of hydrogen-bond acceptors (Lipinski definition) is 4. The number of aromatic nitrogens is 2. The molecule has 1 atom stereocenters. The highest BCUT2D eigenvalue weighted by Crippen LogP contribution is 2.21. The molecule has 3 amide bonds. The lowest BCUT2D eigenvalue weighted by Crippen LogP contribution is -2.59. The van der Waals surface area contributed by atoms with Crippen LogP contribution in [0.1, 0.15) is 17.5 Å². The van der Waals surface area contributed by atoms with Gasteiger partial charge in [-0.25, -0.2) is 4.98 Å². The summed E-state index contributed by atoms with van der Waals surface area (Å²) in [6.07, 6.45) is 5.45. The van der Waals surface area contributed by atoms with Crippen LogP contribution in [0.2, 0.25) is 0 Å². The fourth-order valence-corrected chi connectivity index (χ4v) is 4.08. The lowest BCUT2D eigenvalue weighted by Gasteiger charge is -2.39. The normalized spacial score (nSPS) is 19.9. The third kappa shape index (κ3) is 4.16. The summed E-state index contributed by atoms with van der Waals surface area (Å²) in [5.74, 6) is -0.111. The van der Waals surface area contributed by atoms with Crippen molar-refractivity contribution in [2.24, 2.45) is 0 Å². The first kappa shape index (κ1) is 19.2. The van der Waals surface area contributed by atoms with E-state index in [4.69, 9.17) is 0 Å². The summed E-state index contributed by atoms with van der Waals surface area (Å²) < 4.78 is 1.72. The van der Waals surface area contributed by atoms with Crippen LogP contribution in [0.15, 0.2) is 43.0 Å². The summed E-state index contributed by atoms with van der Waals surface area (Å²) in [6.45, 7) is 4.05. The highest BCUT2D eigenvalue weighted by molar-refractivity contribution is 5.95. The second-order valence-electron chi connectivity index (χ2n) is 7.69. The SMILES string of the molecule is Cc1cccc(CN2CC(=O)N3CCN(C(=O)Cn4ccnc4)CCC3C2=O)c1. The van der Waals surface area contributed by atoms with Gasteiger partial charge in [-0.2, -0.15) is 0 Å². The summed E-state index contributed by atoms with van der Waals surface area (Å²) in [5.41, 5.74) is 2.15. The Hall–Kier alpha value is -3.16. The maximum Gasteiger partial charge on any atom is 0.246 e. The molecule has 2 aromatic rings. The van der Waals surface area contributed by atoms with Crippen molar-refractivity contribution in [1.82, 2.24) is 24.3 Å². The molecule has 8 nitrogen and oxygen atoms in total. The van der Waals surface area contributed by atoms with Crippen LogP contribution < -0.4 is 0 Å². The van der Waals surface area contributed by atoms with Crippen LogP contribution in [0.5, 0.6) is 0 Å². The molecule has 0 N–H and O–H groups in total. The van der Waals surface area contributed by atoms with E-state index in [2.05, 4.69) is 4.98 Å². The molecule has 2 fully saturated rings. The molecule has 152 valence electrons. The number of hydrogen-bond donors (Lipinski definition) is 0. The van der Waals surface area contributed by atoms with Gasteiger partial charge in [0.05, 0.1) is 6.33 Å². The smallest absolute Gasteiger partial charge is 0.246 e. The van der Waals surface area contributed by atoms with Gasteiger partial charge >= 0.3 is 0 Å². The van der Waals surface area contributed by atoms with Crippen LogP contribution in [-0.4, -0.2) is 74.2 Å². The molecule has 0 bridgehead atoms. The van der Waals surface area contributed by atoms with E-state index in [9.17, 15) is 14.4 Å². The van der Waals surface area contributed by atoms with E-state index in [1.807, 2.05) is 31.2 Å². The number of aryl methyl sites for hydroxylation is 1. The van der Waals surface area contributed by atoms with Crippen molar-refractivity contribution >= 4 is 17.7 Å². The fraction of sp³-hybridized carbons (Fsp3) is 0.429. The third-order valence-electron chi connectivity index (χ3n) is 5.59. The van der Waals surface area contributed by atoms with E-state index < -0.39 is 6.04 Å². The minimum atomic E-state index is -0.493. The van der Waals surface area contributed by atoms with Crippen LogP contribution in [-0.2, 0) is 27.5 Å². The van der Waals surface area contributed by atoms with Crippen LogP contribution in [0.25, 0.3) is 0 Å². The molecule has 1 unspecified atom stereocenters. The van der Waals surface area contributed by atoms with E-state index in [1.165, 1.54) is 0 Å². The van der Waals surface area contributed by atoms with Gasteiger partial charge < -0.3 is 19.3 Å². The number of benzene rings is 1. The minimum Gasteiger partial charge on any atom is -0.339 e. The molecule has 0 saturated carbocycles. The Morgan fingerprint density at radius 1 is 1.21 bits per heavy atom. The molecule has 0 radical (unpaired) electrons. The number of carbonyl (C=O) groups is 3. The van der Waals surface area contributed by atoms with Gasteiger partial charge in [0, 0.05) is 38.6 Å². The quantitative estimate of drug-likeness (QED) is 0.762. The van der Waals surface area contributed by atoms with Gasteiger partial charge in [-0.1, -0.05) is 29.8 Å². The Balaban J connectivity index is 1.43. The second-order valence-corrected chi connectivity index (χ2v) is 7.69. The molecule has 1 aromatic heterocycles. The molecule has 29 heavy (non-hydrogen) atoms. The average molecular weight is 395 g/mol. The molecule has 0 aliphatic carbocycles. The van der Waals surface area contributed by atoms with E-state index in [0.29, 0.717) is 32.6 Å². The zero-order valence-electron chi connectivity index (χ0n) is 16.5. The monoisotopic (exact) mass is 395 g/mol. The molecule has 2 aliphatic heterocycles. The van der Waals surface area contributed by atoms with Gasteiger partial charge in [-0.15, -0.1) is 0 Å². The van der Waals surface area contributed by atoms with Crippen LogP contribution >= 0.6 is 0 Å². The molecule has 8 heteroatoms. The summed E-state index contributed by atoms with van der Waals surface area (Å²) >= 11 is 0. The van der Waals surface area contributed by atoms with Crippen molar-refractivity contribution in [3.05, 3.63) is 54.1 Å². The Morgan fingerprint density at radius 2 is 2.07 bits per heavy atom. The predicted octanol–water partition coefficient (Wildman–Crippen LogP) is 0.663. The molecule has 1 aromatic carbocycles. The Labute approximate surface area is 169 Å². The first-order valence-corrected chi connectivity index (χ1v) is 9.88. The van der Waals surface area contributed by atoms with Crippen LogP contribution in [0, 0.1) is 6.92 Å². The summed E-state index contributed by atoms with van der Waals surface area (Å²) in [4.78, 5) is 47.4. The van der Waals surface area contributed by atoms with E-state index >= 15 is 0 Å². The molecular formula is C21H25N5O3. The van der Waals surface area contributed by atoms with Gasteiger partial charge in [0.1, 0.15) is 19.1 Å². The van der Waals surface area contributed by atoms with Crippen LogP contribution in [0.4, 0.5) is 0 Å². The van der Waals surface area contributed by atoms with Gasteiger partial charge in [0.2, 0.25) is 17.7 Å². The molecule has 3 heterocycles. The van der Waals surface area contributed by atoms with E-state index in [0.717, 1.165) is 11.1 Å². The molecule has 2 saturated heterocycles. The van der Waals surface area contributed by atoms with Crippen molar-refractivity contribution in [2.45, 2.75) is 32.5 Å². The molecular weight excluding hydrogens is 370 g/mol. The van der Waals surface area contributed by atoms with Gasteiger partial charge in [0.15, 0.2) is 0 Å². The second kappa shape index (κ2) is 8.06. The number of amides is 3.